The van der Waals surface area contributed by atoms with Crippen molar-refractivity contribution in [1.82, 2.24) is 0 Å². The summed E-state index contributed by atoms with van der Waals surface area (Å²) >= 11 is 3.70. The summed E-state index contributed by atoms with van der Waals surface area (Å²) in [5.74, 6) is 0. The molecule has 11 rings (SSSR count). The highest BCUT2D eigenvalue weighted by Gasteiger charge is 2.22. The van der Waals surface area contributed by atoms with Crippen LogP contribution in [-0.2, 0) is 0 Å². The zero-order valence-electron chi connectivity index (χ0n) is 26.8. The SMILES string of the molecule is c1ccc(N(c2ccc(-c3cccc4c3sc3ccccc34)cc2)c2cccc3sc4ccc5c6ccc7ccccc7c6oc5c4c23)cc1. The third-order valence-corrected chi connectivity index (χ3v) is 12.4. The minimum atomic E-state index is 0.951. The van der Waals surface area contributed by atoms with E-state index in [0.29, 0.717) is 0 Å². The monoisotopic (exact) mass is 673 g/mol. The number of para-hydroxylation sites is 1. The number of furan rings is 1. The van der Waals surface area contributed by atoms with Crippen molar-refractivity contribution in [3.05, 3.63) is 164 Å². The number of thiophene rings is 2. The molecular weight excluding hydrogens is 647 g/mol. The standard InChI is InChI=1S/C46H27NOS2/c1-2-11-30(12-3-1)47(31-23-20-29(21-24-31)33-15-8-16-37-34-14-6-7-18-39(34)50-46(33)37)38-17-9-19-40-42(38)43-41(49-40)27-26-36-35-25-22-28-10-4-5-13-32(28)44(35)48-45(36)43/h1-27H. The first-order valence-electron chi connectivity index (χ1n) is 16.8. The topological polar surface area (TPSA) is 16.4 Å². The average Bonchev–Trinajstić information content (AvgIpc) is 3.87. The Hall–Kier alpha value is -5.94. The zero-order chi connectivity index (χ0) is 32.8. The van der Waals surface area contributed by atoms with Gasteiger partial charge in [0.15, 0.2) is 0 Å². The van der Waals surface area contributed by atoms with Gasteiger partial charge in [-0.15, -0.1) is 22.7 Å². The largest absolute Gasteiger partial charge is 0.455 e. The van der Waals surface area contributed by atoms with Crippen molar-refractivity contribution >= 4 is 113 Å². The van der Waals surface area contributed by atoms with E-state index in [0.717, 1.165) is 44.4 Å². The maximum atomic E-state index is 6.90. The van der Waals surface area contributed by atoms with Crippen molar-refractivity contribution in [2.24, 2.45) is 0 Å². The summed E-state index contributed by atoms with van der Waals surface area (Å²) in [4.78, 5) is 2.40. The van der Waals surface area contributed by atoms with Gasteiger partial charge < -0.3 is 9.32 Å². The fourth-order valence-electron chi connectivity index (χ4n) is 7.80. The Morgan fingerprint density at radius 3 is 1.98 bits per heavy atom. The van der Waals surface area contributed by atoms with E-state index in [1.54, 1.807) is 0 Å². The number of fused-ring (bicyclic) bond motifs is 12. The Bertz CT molecular complexity index is 3090. The van der Waals surface area contributed by atoms with E-state index in [2.05, 4.69) is 169 Å². The maximum Gasteiger partial charge on any atom is 0.144 e. The molecule has 8 aromatic carbocycles. The molecular formula is C46H27NOS2. The Kier molecular flexibility index (Phi) is 6.03. The van der Waals surface area contributed by atoms with Crippen LogP contribution in [0.4, 0.5) is 17.1 Å². The summed E-state index contributed by atoms with van der Waals surface area (Å²) in [5, 5.41) is 9.67. The zero-order valence-corrected chi connectivity index (χ0v) is 28.4. The molecule has 0 aliphatic heterocycles. The van der Waals surface area contributed by atoms with Crippen LogP contribution in [0.25, 0.3) is 84.2 Å². The molecule has 3 aromatic heterocycles. The molecule has 0 fully saturated rings. The Labute approximate surface area is 295 Å². The molecule has 0 N–H and O–H groups in total. The summed E-state index contributed by atoms with van der Waals surface area (Å²) in [5.41, 5.74) is 7.75. The lowest BCUT2D eigenvalue weighted by atomic mass is 10.0. The first-order valence-corrected chi connectivity index (χ1v) is 18.5. The Balaban J connectivity index is 1.13. The number of nitrogens with zero attached hydrogens (tertiary/aromatic N) is 1. The van der Waals surface area contributed by atoms with Crippen molar-refractivity contribution in [3.63, 3.8) is 0 Å². The van der Waals surface area contributed by atoms with Gasteiger partial charge in [0.2, 0.25) is 0 Å². The molecule has 0 aliphatic carbocycles. The fourth-order valence-corrected chi connectivity index (χ4v) is 10.2. The van der Waals surface area contributed by atoms with Crippen LogP contribution in [0, 0.1) is 0 Å². The van der Waals surface area contributed by atoms with E-state index < -0.39 is 0 Å². The summed E-state index contributed by atoms with van der Waals surface area (Å²) in [6.07, 6.45) is 0. The van der Waals surface area contributed by atoms with Gasteiger partial charge in [-0.05, 0) is 77.2 Å². The second-order valence-electron chi connectivity index (χ2n) is 12.8. The summed E-state index contributed by atoms with van der Waals surface area (Å²) in [6, 6.07) is 59.3. The molecule has 0 radical (unpaired) electrons. The number of rotatable bonds is 4. The van der Waals surface area contributed by atoms with Crippen LogP contribution < -0.4 is 4.90 Å². The molecule has 4 heteroatoms. The number of hydrogen-bond donors (Lipinski definition) is 0. The van der Waals surface area contributed by atoms with Crippen molar-refractivity contribution in [2.75, 3.05) is 4.90 Å². The molecule has 0 amide bonds. The molecule has 0 spiro atoms. The lowest BCUT2D eigenvalue weighted by Crippen LogP contribution is -2.10. The molecule has 234 valence electrons. The molecule has 3 heterocycles. The molecule has 50 heavy (non-hydrogen) atoms. The highest BCUT2D eigenvalue weighted by Crippen LogP contribution is 2.49. The van der Waals surface area contributed by atoms with Crippen molar-refractivity contribution in [3.8, 4) is 11.1 Å². The van der Waals surface area contributed by atoms with Crippen LogP contribution in [0.5, 0.6) is 0 Å². The van der Waals surface area contributed by atoms with Crippen molar-refractivity contribution in [2.45, 2.75) is 0 Å². The van der Waals surface area contributed by atoms with Crippen molar-refractivity contribution in [1.29, 1.82) is 0 Å². The molecule has 0 atom stereocenters. The predicted molar refractivity (Wildman–Crippen MR) is 217 cm³/mol. The van der Waals surface area contributed by atoms with Gasteiger partial charge in [-0.25, -0.2) is 0 Å². The average molecular weight is 674 g/mol. The van der Waals surface area contributed by atoms with Gasteiger partial charge >= 0.3 is 0 Å². The van der Waals surface area contributed by atoms with Crippen LogP contribution in [0.3, 0.4) is 0 Å². The van der Waals surface area contributed by atoms with E-state index in [1.807, 2.05) is 22.7 Å². The van der Waals surface area contributed by atoms with Gasteiger partial charge in [-0.2, -0.15) is 0 Å². The third-order valence-electron chi connectivity index (χ3n) is 10.1. The minimum absolute atomic E-state index is 0.951. The normalized spacial score (nSPS) is 12.0. The second kappa shape index (κ2) is 10.8. The molecule has 0 bridgehead atoms. The van der Waals surface area contributed by atoms with Crippen LogP contribution in [0.2, 0.25) is 0 Å². The second-order valence-corrected chi connectivity index (χ2v) is 15.0. The first-order chi connectivity index (χ1) is 24.8. The third kappa shape index (κ3) is 4.07. The van der Waals surface area contributed by atoms with Gasteiger partial charge in [0.05, 0.1) is 5.69 Å². The van der Waals surface area contributed by atoms with Gasteiger partial charge in [-0.3, -0.25) is 0 Å². The van der Waals surface area contributed by atoms with Gasteiger partial charge in [0.1, 0.15) is 11.2 Å². The van der Waals surface area contributed by atoms with E-state index in [1.165, 1.54) is 56.9 Å². The predicted octanol–water partition coefficient (Wildman–Crippen LogP) is 14.6. The van der Waals surface area contributed by atoms with E-state index in [9.17, 15) is 0 Å². The molecule has 0 saturated heterocycles. The number of benzene rings is 8. The molecule has 11 aromatic rings. The van der Waals surface area contributed by atoms with Gasteiger partial charge in [-0.1, -0.05) is 103 Å². The molecule has 2 nitrogen and oxygen atoms in total. The minimum Gasteiger partial charge on any atom is -0.455 e. The van der Waals surface area contributed by atoms with E-state index in [4.69, 9.17) is 4.42 Å². The van der Waals surface area contributed by atoms with Crippen LogP contribution >= 0.6 is 22.7 Å². The summed E-state index contributed by atoms with van der Waals surface area (Å²) in [6.45, 7) is 0. The maximum absolute atomic E-state index is 6.90. The quantitative estimate of drug-likeness (QED) is 0.185. The van der Waals surface area contributed by atoms with Gasteiger partial charge in [0.25, 0.3) is 0 Å². The highest BCUT2D eigenvalue weighted by molar-refractivity contribution is 7.26. The lowest BCUT2D eigenvalue weighted by molar-refractivity contribution is 0.677. The van der Waals surface area contributed by atoms with Crippen LogP contribution in [0.1, 0.15) is 0 Å². The van der Waals surface area contributed by atoms with Gasteiger partial charge in [0, 0.05) is 67.9 Å². The summed E-state index contributed by atoms with van der Waals surface area (Å²) < 4.78 is 12.0. The Morgan fingerprint density at radius 1 is 0.400 bits per heavy atom. The first kappa shape index (κ1) is 28.0. The Morgan fingerprint density at radius 2 is 1.08 bits per heavy atom. The van der Waals surface area contributed by atoms with Crippen molar-refractivity contribution < 1.29 is 4.42 Å². The number of anilines is 3. The number of hydrogen-bond acceptors (Lipinski definition) is 4. The van der Waals surface area contributed by atoms with Crippen LogP contribution in [-0.4, -0.2) is 0 Å². The molecule has 0 unspecified atom stereocenters. The smallest absolute Gasteiger partial charge is 0.144 e. The van der Waals surface area contributed by atoms with E-state index in [-0.39, 0.29) is 0 Å². The molecule has 0 saturated carbocycles. The van der Waals surface area contributed by atoms with Crippen LogP contribution in [0.15, 0.2) is 168 Å². The fraction of sp³-hybridized carbons (Fsp3) is 0. The summed E-state index contributed by atoms with van der Waals surface area (Å²) in [7, 11) is 0. The molecule has 0 aliphatic rings. The highest BCUT2D eigenvalue weighted by atomic mass is 32.1. The van der Waals surface area contributed by atoms with E-state index >= 15 is 0 Å². The lowest BCUT2D eigenvalue weighted by Gasteiger charge is -2.26.